The molecule has 2 aromatic rings. The molecule has 2 saturated heterocycles. The van der Waals surface area contributed by atoms with Crippen LogP contribution in [0.2, 0.25) is 0 Å². The maximum absolute atomic E-state index is 12.7. The third kappa shape index (κ3) is 3.20. The van der Waals surface area contributed by atoms with Crippen LogP contribution in [-0.4, -0.2) is 61.5 Å². The monoisotopic (exact) mass is 393 g/mol. The molecular formula is C18H23N3O3S2. The summed E-state index contributed by atoms with van der Waals surface area (Å²) in [5.41, 5.74) is 1.21. The van der Waals surface area contributed by atoms with Crippen LogP contribution in [0.15, 0.2) is 46.2 Å². The van der Waals surface area contributed by atoms with E-state index in [4.69, 9.17) is 4.74 Å². The third-order valence-electron chi connectivity index (χ3n) is 5.43. The molecule has 6 nitrogen and oxygen atoms in total. The lowest BCUT2D eigenvalue weighted by atomic mass is 9.87. The Morgan fingerprint density at radius 2 is 1.92 bits per heavy atom. The number of aromatic nitrogens is 1. The smallest absolute Gasteiger partial charge is 0.252 e. The second-order valence-corrected chi connectivity index (χ2v) is 9.88. The maximum atomic E-state index is 12.7. The summed E-state index contributed by atoms with van der Waals surface area (Å²) in [6.07, 6.45) is 5.51. The van der Waals surface area contributed by atoms with Gasteiger partial charge in [-0.25, -0.2) is 8.42 Å². The fourth-order valence-electron chi connectivity index (χ4n) is 3.99. The van der Waals surface area contributed by atoms with E-state index in [2.05, 4.69) is 9.88 Å². The van der Waals surface area contributed by atoms with Crippen LogP contribution in [0, 0.1) is 0 Å². The van der Waals surface area contributed by atoms with E-state index in [1.54, 1.807) is 23.5 Å². The summed E-state index contributed by atoms with van der Waals surface area (Å²) < 4.78 is 33.1. The van der Waals surface area contributed by atoms with E-state index < -0.39 is 10.0 Å². The molecule has 4 rings (SSSR count). The van der Waals surface area contributed by atoms with E-state index in [1.807, 2.05) is 29.9 Å². The van der Waals surface area contributed by atoms with Gasteiger partial charge in [-0.2, -0.15) is 4.31 Å². The molecule has 2 aliphatic rings. The van der Waals surface area contributed by atoms with Crippen LogP contribution in [0.3, 0.4) is 0 Å². The molecule has 2 fully saturated rings. The van der Waals surface area contributed by atoms with E-state index in [9.17, 15) is 8.42 Å². The van der Waals surface area contributed by atoms with Crippen molar-refractivity contribution in [3.05, 3.63) is 47.6 Å². The van der Waals surface area contributed by atoms with Crippen molar-refractivity contribution in [1.82, 2.24) is 14.2 Å². The second-order valence-electron chi connectivity index (χ2n) is 6.76. The van der Waals surface area contributed by atoms with Gasteiger partial charge in [0.05, 0.1) is 12.1 Å². The molecule has 2 aromatic heterocycles. The third-order valence-corrected chi connectivity index (χ3v) is 8.70. The SMILES string of the molecule is CO[C@H]1CN(C2CCN(S(=O)(=O)c3cccs3)CC2)[C@H]1c1ccncc1. The molecule has 0 spiro atoms. The van der Waals surface area contributed by atoms with Crippen LogP contribution in [0.25, 0.3) is 0 Å². The topological polar surface area (TPSA) is 62.7 Å². The highest BCUT2D eigenvalue weighted by Gasteiger charge is 2.45. The van der Waals surface area contributed by atoms with Crippen LogP contribution in [-0.2, 0) is 14.8 Å². The number of thiophene rings is 1. The normalized spacial score (nSPS) is 25.9. The Morgan fingerprint density at radius 3 is 2.54 bits per heavy atom. The molecule has 0 bridgehead atoms. The average molecular weight is 394 g/mol. The van der Waals surface area contributed by atoms with Crippen LogP contribution in [0.1, 0.15) is 24.4 Å². The number of pyridine rings is 1. The lowest BCUT2D eigenvalue weighted by Crippen LogP contribution is -2.60. The second kappa shape index (κ2) is 7.36. The van der Waals surface area contributed by atoms with Gasteiger partial charge in [-0.1, -0.05) is 6.07 Å². The zero-order valence-corrected chi connectivity index (χ0v) is 16.3. The Labute approximate surface area is 158 Å². The summed E-state index contributed by atoms with van der Waals surface area (Å²) in [4.78, 5) is 6.56. The largest absolute Gasteiger partial charge is 0.378 e. The minimum atomic E-state index is -3.34. The summed E-state index contributed by atoms with van der Waals surface area (Å²) in [6, 6.07) is 8.17. The van der Waals surface area contributed by atoms with Crippen molar-refractivity contribution in [1.29, 1.82) is 0 Å². The van der Waals surface area contributed by atoms with Gasteiger partial charge in [-0.3, -0.25) is 9.88 Å². The number of hydrogen-bond donors (Lipinski definition) is 0. The summed E-state index contributed by atoms with van der Waals surface area (Å²) >= 11 is 1.28. The molecule has 0 radical (unpaired) electrons. The molecule has 140 valence electrons. The van der Waals surface area contributed by atoms with Crippen molar-refractivity contribution in [2.45, 2.75) is 35.2 Å². The van der Waals surface area contributed by atoms with Gasteiger partial charge in [0.2, 0.25) is 0 Å². The average Bonchev–Trinajstić information content (AvgIpc) is 3.18. The lowest BCUT2D eigenvalue weighted by Gasteiger charge is -2.52. The van der Waals surface area contributed by atoms with Crippen LogP contribution < -0.4 is 0 Å². The van der Waals surface area contributed by atoms with Gasteiger partial charge in [0.15, 0.2) is 0 Å². The first-order valence-electron chi connectivity index (χ1n) is 8.83. The number of piperidine rings is 1. The Morgan fingerprint density at radius 1 is 1.19 bits per heavy atom. The van der Waals surface area contributed by atoms with Crippen molar-refractivity contribution in [3.8, 4) is 0 Å². The lowest BCUT2D eigenvalue weighted by molar-refractivity contribution is -0.114. The van der Waals surface area contributed by atoms with Gasteiger partial charge in [-0.15, -0.1) is 11.3 Å². The molecule has 8 heteroatoms. The van der Waals surface area contributed by atoms with Gasteiger partial charge in [-0.05, 0) is 42.0 Å². The number of methoxy groups -OCH3 is 1. The molecule has 0 saturated carbocycles. The van der Waals surface area contributed by atoms with E-state index in [-0.39, 0.29) is 12.1 Å². The van der Waals surface area contributed by atoms with Crippen molar-refractivity contribution in [2.24, 2.45) is 0 Å². The van der Waals surface area contributed by atoms with E-state index in [1.165, 1.54) is 16.9 Å². The minimum Gasteiger partial charge on any atom is -0.378 e. The zero-order valence-electron chi connectivity index (χ0n) is 14.7. The van der Waals surface area contributed by atoms with Crippen molar-refractivity contribution < 1.29 is 13.2 Å². The molecule has 0 aliphatic carbocycles. The molecule has 0 amide bonds. The quantitative estimate of drug-likeness (QED) is 0.780. The van der Waals surface area contributed by atoms with Gasteiger partial charge >= 0.3 is 0 Å². The first-order chi connectivity index (χ1) is 12.6. The number of likely N-dealkylation sites (tertiary alicyclic amines) is 1. The standard InChI is InChI=1S/C18H23N3O3S2/c1-24-16-13-21(18(16)14-4-8-19-9-5-14)15-6-10-20(11-7-15)26(22,23)17-3-2-12-25-17/h2-5,8-9,12,15-16,18H,6-7,10-11,13H2,1H3/t16-,18-/m0/s1. The van der Waals surface area contributed by atoms with E-state index in [0.29, 0.717) is 23.3 Å². The highest BCUT2D eigenvalue weighted by molar-refractivity contribution is 7.91. The van der Waals surface area contributed by atoms with Crippen molar-refractivity contribution in [3.63, 3.8) is 0 Å². The Kier molecular flexibility index (Phi) is 5.11. The molecular weight excluding hydrogens is 370 g/mol. The molecule has 0 unspecified atom stereocenters. The predicted octanol–water partition coefficient (Wildman–Crippen LogP) is 2.37. The maximum Gasteiger partial charge on any atom is 0.252 e. The molecule has 2 atom stereocenters. The minimum absolute atomic E-state index is 0.185. The fraction of sp³-hybridized carbons (Fsp3) is 0.500. The molecule has 0 aromatic carbocycles. The Balaban J connectivity index is 1.43. The van der Waals surface area contributed by atoms with Crippen LogP contribution in [0.5, 0.6) is 0 Å². The highest BCUT2D eigenvalue weighted by Crippen LogP contribution is 2.39. The van der Waals surface area contributed by atoms with Crippen LogP contribution >= 0.6 is 11.3 Å². The molecule has 4 heterocycles. The molecule has 26 heavy (non-hydrogen) atoms. The summed E-state index contributed by atoms with van der Waals surface area (Å²) in [7, 11) is -1.58. The number of sulfonamides is 1. The summed E-state index contributed by atoms with van der Waals surface area (Å²) in [5.74, 6) is 0. The highest BCUT2D eigenvalue weighted by atomic mass is 32.2. The first-order valence-corrected chi connectivity index (χ1v) is 11.2. The van der Waals surface area contributed by atoms with Crippen LogP contribution in [0.4, 0.5) is 0 Å². The van der Waals surface area contributed by atoms with Gasteiger partial charge in [0, 0.05) is 45.2 Å². The Hall–Kier alpha value is -1.32. The van der Waals surface area contributed by atoms with Crippen molar-refractivity contribution >= 4 is 21.4 Å². The van der Waals surface area contributed by atoms with E-state index in [0.717, 1.165) is 19.4 Å². The molecule has 0 N–H and O–H groups in total. The Bertz CT molecular complexity index is 819. The van der Waals surface area contributed by atoms with E-state index >= 15 is 0 Å². The van der Waals surface area contributed by atoms with Gasteiger partial charge < -0.3 is 4.74 Å². The predicted molar refractivity (Wildman–Crippen MR) is 101 cm³/mol. The zero-order chi connectivity index (χ0) is 18.1. The fourth-order valence-corrected chi connectivity index (χ4v) is 6.61. The summed E-state index contributed by atoms with van der Waals surface area (Å²) in [6.45, 7) is 2.04. The number of ether oxygens (including phenoxy) is 1. The molecule has 2 aliphatic heterocycles. The number of hydrogen-bond acceptors (Lipinski definition) is 6. The van der Waals surface area contributed by atoms with Gasteiger partial charge in [0.25, 0.3) is 10.0 Å². The van der Waals surface area contributed by atoms with Crippen molar-refractivity contribution in [2.75, 3.05) is 26.7 Å². The van der Waals surface area contributed by atoms with Gasteiger partial charge in [0.1, 0.15) is 4.21 Å². The summed E-state index contributed by atoms with van der Waals surface area (Å²) in [5, 5.41) is 1.81. The number of nitrogens with zero attached hydrogens (tertiary/aromatic N) is 3. The first kappa shape index (κ1) is 18.1. The number of rotatable bonds is 5.